The lowest BCUT2D eigenvalue weighted by Crippen LogP contribution is -2.03. The van der Waals surface area contributed by atoms with Crippen molar-refractivity contribution in [2.24, 2.45) is 0 Å². The molecule has 3 rings (SSSR count). The van der Waals surface area contributed by atoms with Crippen molar-refractivity contribution in [1.29, 1.82) is 0 Å². The van der Waals surface area contributed by atoms with E-state index in [1.165, 1.54) is 0 Å². The van der Waals surface area contributed by atoms with Gasteiger partial charge in [-0.25, -0.2) is 13.4 Å². The van der Waals surface area contributed by atoms with Gasteiger partial charge in [0.1, 0.15) is 11.3 Å². The molecule has 2 heterocycles. The third kappa shape index (κ3) is 2.54. The highest BCUT2D eigenvalue weighted by Gasteiger charge is 2.18. The quantitative estimate of drug-likeness (QED) is 0.687. The van der Waals surface area contributed by atoms with Crippen LogP contribution in [0.4, 0.5) is 0 Å². The second-order valence-corrected chi connectivity index (χ2v) is 6.87. The number of sulfone groups is 1. The SMILES string of the molecule is CS(=O)(=O)c1cccc2c1nc(CCl)n2Cc1ccno1. The van der Waals surface area contributed by atoms with E-state index in [1.54, 1.807) is 24.4 Å². The van der Waals surface area contributed by atoms with E-state index in [1.807, 2.05) is 10.6 Å². The molecule has 6 nitrogen and oxygen atoms in total. The Morgan fingerprint density at radius 2 is 2.14 bits per heavy atom. The minimum Gasteiger partial charge on any atom is -0.359 e. The van der Waals surface area contributed by atoms with Gasteiger partial charge in [-0.1, -0.05) is 11.2 Å². The Labute approximate surface area is 126 Å². The van der Waals surface area contributed by atoms with E-state index in [4.69, 9.17) is 16.1 Å². The molecule has 0 N–H and O–H groups in total. The summed E-state index contributed by atoms with van der Waals surface area (Å²) in [5.74, 6) is 1.40. The molecular formula is C13H12ClN3O3S. The van der Waals surface area contributed by atoms with E-state index in [0.717, 1.165) is 6.26 Å². The Hall–Kier alpha value is -1.86. The number of aromatic nitrogens is 3. The smallest absolute Gasteiger partial charge is 0.177 e. The number of rotatable bonds is 4. The van der Waals surface area contributed by atoms with Gasteiger partial charge in [0.05, 0.1) is 29.0 Å². The van der Waals surface area contributed by atoms with Gasteiger partial charge in [0.25, 0.3) is 0 Å². The molecule has 0 aliphatic heterocycles. The van der Waals surface area contributed by atoms with E-state index in [-0.39, 0.29) is 10.8 Å². The average molecular weight is 326 g/mol. The summed E-state index contributed by atoms with van der Waals surface area (Å²) in [5, 5.41) is 3.66. The van der Waals surface area contributed by atoms with Gasteiger partial charge in [0.15, 0.2) is 15.6 Å². The van der Waals surface area contributed by atoms with Crippen molar-refractivity contribution in [2.75, 3.05) is 6.26 Å². The van der Waals surface area contributed by atoms with Crippen molar-refractivity contribution in [2.45, 2.75) is 17.3 Å². The molecule has 21 heavy (non-hydrogen) atoms. The zero-order chi connectivity index (χ0) is 15.0. The lowest BCUT2D eigenvalue weighted by Gasteiger charge is -2.05. The van der Waals surface area contributed by atoms with Crippen LogP contribution in [0.3, 0.4) is 0 Å². The van der Waals surface area contributed by atoms with E-state index < -0.39 is 9.84 Å². The van der Waals surface area contributed by atoms with Crippen LogP contribution in [-0.2, 0) is 22.3 Å². The Bertz CT molecular complexity index is 885. The first-order valence-electron chi connectivity index (χ1n) is 6.14. The predicted molar refractivity (Wildman–Crippen MR) is 78.0 cm³/mol. The van der Waals surface area contributed by atoms with Gasteiger partial charge in [-0.2, -0.15) is 0 Å². The van der Waals surface area contributed by atoms with E-state index in [2.05, 4.69) is 10.1 Å². The highest BCUT2D eigenvalue weighted by molar-refractivity contribution is 7.91. The molecular weight excluding hydrogens is 314 g/mol. The molecule has 110 valence electrons. The second-order valence-electron chi connectivity index (χ2n) is 4.62. The fourth-order valence-corrected chi connectivity index (χ4v) is 3.26. The number of imidazole rings is 1. The number of hydrogen-bond acceptors (Lipinski definition) is 5. The summed E-state index contributed by atoms with van der Waals surface area (Å²) in [6.07, 6.45) is 2.72. The average Bonchev–Trinajstić information content (AvgIpc) is 3.05. The summed E-state index contributed by atoms with van der Waals surface area (Å²) in [4.78, 5) is 4.56. The van der Waals surface area contributed by atoms with Gasteiger partial charge in [-0.15, -0.1) is 11.6 Å². The zero-order valence-electron chi connectivity index (χ0n) is 11.2. The van der Waals surface area contributed by atoms with Crippen LogP contribution >= 0.6 is 11.6 Å². The second kappa shape index (κ2) is 5.16. The van der Waals surface area contributed by atoms with Crippen LogP contribution in [0.5, 0.6) is 0 Å². The van der Waals surface area contributed by atoms with Crippen LogP contribution in [0.2, 0.25) is 0 Å². The molecule has 0 saturated carbocycles. The number of fused-ring (bicyclic) bond motifs is 1. The Kier molecular flexibility index (Phi) is 3.46. The fourth-order valence-electron chi connectivity index (χ4n) is 2.23. The van der Waals surface area contributed by atoms with E-state index in [0.29, 0.717) is 29.2 Å². The van der Waals surface area contributed by atoms with Crippen molar-refractivity contribution >= 4 is 32.5 Å². The molecule has 0 unspecified atom stereocenters. The van der Waals surface area contributed by atoms with E-state index >= 15 is 0 Å². The highest BCUT2D eigenvalue weighted by Crippen LogP contribution is 2.25. The molecule has 0 spiro atoms. The Morgan fingerprint density at radius 3 is 2.76 bits per heavy atom. The lowest BCUT2D eigenvalue weighted by atomic mass is 10.3. The molecule has 0 amide bonds. The maximum Gasteiger partial charge on any atom is 0.177 e. The van der Waals surface area contributed by atoms with Gasteiger partial charge in [0, 0.05) is 12.3 Å². The zero-order valence-corrected chi connectivity index (χ0v) is 12.7. The van der Waals surface area contributed by atoms with Crippen molar-refractivity contribution in [3.63, 3.8) is 0 Å². The number of alkyl halides is 1. The number of halogens is 1. The molecule has 0 saturated heterocycles. The van der Waals surface area contributed by atoms with Crippen molar-refractivity contribution in [3.05, 3.63) is 42.0 Å². The molecule has 1 aromatic carbocycles. The number of benzene rings is 1. The number of nitrogens with zero attached hydrogens (tertiary/aromatic N) is 3. The molecule has 0 bridgehead atoms. The fraction of sp³-hybridized carbons (Fsp3) is 0.231. The minimum atomic E-state index is -3.36. The molecule has 0 atom stereocenters. The standard InChI is InChI=1S/C13H12ClN3O3S/c1-21(18,19)11-4-2-3-10-13(11)16-12(7-14)17(10)8-9-5-6-15-20-9/h2-6H,7-8H2,1H3. The van der Waals surface area contributed by atoms with Crippen LogP contribution in [0, 0.1) is 0 Å². The van der Waals surface area contributed by atoms with Crippen LogP contribution in [0.1, 0.15) is 11.6 Å². The monoisotopic (exact) mass is 325 g/mol. The van der Waals surface area contributed by atoms with Crippen molar-refractivity contribution < 1.29 is 12.9 Å². The molecule has 8 heteroatoms. The number of hydrogen-bond donors (Lipinski definition) is 0. The molecule has 0 aliphatic carbocycles. The predicted octanol–water partition coefficient (Wildman–Crippen LogP) is 2.21. The normalized spacial score (nSPS) is 12.1. The third-order valence-electron chi connectivity index (χ3n) is 3.15. The summed E-state index contributed by atoms with van der Waals surface area (Å²) in [7, 11) is -3.36. The van der Waals surface area contributed by atoms with Crippen LogP contribution in [-0.4, -0.2) is 29.4 Å². The maximum absolute atomic E-state index is 11.9. The minimum absolute atomic E-state index is 0.173. The summed E-state index contributed by atoms with van der Waals surface area (Å²) in [6.45, 7) is 0.395. The molecule has 0 aliphatic rings. The molecule has 0 fully saturated rings. The summed E-state index contributed by atoms with van der Waals surface area (Å²) in [5.41, 5.74) is 1.13. The summed E-state index contributed by atoms with van der Waals surface area (Å²) < 4.78 is 30.6. The van der Waals surface area contributed by atoms with Crippen molar-refractivity contribution in [1.82, 2.24) is 14.7 Å². The first-order valence-corrected chi connectivity index (χ1v) is 8.57. The highest BCUT2D eigenvalue weighted by atomic mass is 35.5. The Balaban J connectivity index is 2.24. The van der Waals surface area contributed by atoms with Gasteiger partial charge >= 0.3 is 0 Å². The van der Waals surface area contributed by atoms with Gasteiger partial charge in [0.2, 0.25) is 0 Å². The van der Waals surface area contributed by atoms with Crippen LogP contribution in [0.15, 0.2) is 39.9 Å². The van der Waals surface area contributed by atoms with Gasteiger partial charge < -0.3 is 9.09 Å². The van der Waals surface area contributed by atoms with Crippen LogP contribution in [0.25, 0.3) is 11.0 Å². The first kappa shape index (κ1) is 14.1. The lowest BCUT2D eigenvalue weighted by molar-refractivity contribution is 0.376. The number of para-hydroxylation sites is 1. The van der Waals surface area contributed by atoms with Gasteiger partial charge in [-0.05, 0) is 12.1 Å². The summed E-state index contributed by atoms with van der Waals surface area (Å²) in [6, 6.07) is 6.78. The molecule has 0 radical (unpaired) electrons. The molecule has 3 aromatic rings. The van der Waals surface area contributed by atoms with Crippen LogP contribution < -0.4 is 0 Å². The van der Waals surface area contributed by atoms with Crippen molar-refractivity contribution in [3.8, 4) is 0 Å². The maximum atomic E-state index is 11.9. The largest absolute Gasteiger partial charge is 0.359 e. The Morgan fingerprint density at radius 1 is 1.33 bits per heavy atom. The van der Waals surface area contributed by atoms with Gasteiger partial charge in [-0.3, -0.25) is 0 Å². The molecule has 2 aromatic heterocycles. The topological polar surface area (TPSA) is 78.0 Å². The summed E-state index contributed by atoms with van der Waals surface area (Å²) >= 11 is 5.93. The van der Waals surface area contributed by atoms with E-state index in [9.17, 15) is 8.42 Å². The third-order valence-corrected chi connectivity index (χ3v) is 4.51. The first-order chi connectivity index (χ1) is 10.0.